The Kier molecular flexibility index (Phi) is 4.83. The number of para-hydroxylation sites is 1. The standard InChI is InChI=1S/C21H25N3O4/c1-21(7-9-24(13-21)20(27)15-6-8-22-18(25)11-15)12-23-19(26)17-10-14-4-2-3-5-16(14)28-17/h2-5,10,15H,6-9,11-13H2,1H3,(H,22,25)(H,23,26). The highest BCUT2D eigenvalue weighted by Gasteiger charge is 2.39. The topological polar surface area (TPSA) is 91.7 Å². The summed E-state index contributed by atoms with van der Waals surface area (Å²) in [5.41, 5.74) is 0.502. The van der Waals surface area contributed by atoms with E-state index < -0.39 is 0 Å². The number of fused-ring (bicyclic) bond motifs is 1. The molecule has 0 saturated carbocycles. The number of nitrogens with zero attached hydrogens (tertiary/aromatic N) is 1. The number of furan rings is 1. The van der Waals surface area contributed by atoms with Gasteiger partial charge >= 0.3 is 0 Å². The fourth-order valence-electron chi connectivity index (χ4n) is 4.08. The lowest BCUT2D eigenvalue weighted by Crippen LogP contribution is -2.44. The first-order valence-corrected chi connectivity index (χ1v) is 9.76. The molecule has 0 spiro atoms. The summed E-state index contributed by atoms with van der Waals surface area (Å²) < 4.78 is 5.61. The van der Waals surface area contributed by atoms with Crippen LogP contribution in [0.2, 0.25) is 0 Å². The van der Waals surface area contributed by atoms with Crippen LogP contribution in [-0.2, 0) is 9.59 Å². The maximum atomic E-state index is 12.7. The molecule has 1 aromatic heterocycles. The summed E-state index contributed by atoms with van der Waals surface area (Å²) in [7, 11) is 0. The van der Waals surface area contributed by atoms with Gasteiger partial charge in [0.25, 0.3) is 5.91 Å². The van der Waals surface area contributed by atoms with Crippen molar-refractivity contribution in [2.45, 2.75) is 26.2 Å². The van der Waals surface area contributed by atoms with Crippen LogP contribution in [0, 0.1) is 11.3 Å². The Morgan fingerprint density at radius 1 is 1.36 bits per heavy atom. The molecule has 28 heavy (non-hydrogen) atoms. The number of carbonyl (C=O) groups excluding carboxylic acids is 3. The minimum atomic E-state index is -0.244. The van der Waals surface area contributed by atoms with E-state index in [1.807, 2.05) is 29.2 Å². The highest BCUT2D eigenvalue weighted by molar-refractivity contribution is 5.96. The van der Waals surface area contributed by atoms with Crippen molar-refractivity contribution >= 4 is 28.7 Å². The van der Waals surface area contributed by atoms with E-state index in [1.54, 1.807) is 6.07 Å². The average molecular weight is 383 g/mol. The smallest absolute Gasteiger partial charge is 0.287 e. The van der Waals surface area contributed by atoms with Crippen molar-refractivity contribution in [3.63, 3.8) is 0 Å². The van der Waals surface area contributed by atoms with E-state index in [0.29, 0.717) is 43.9 Å². The van der Waals surface area contributed by atoms with Crippen molar-refractivity contribution in [3.05, 3.63) is 36.1 Å². The summed E-state index contributed by atoms with van der Waals surface area (Å²) >= 11 is 0. The van der Waals surface area contributed by atoms with Crippen molar-refractivity contribution < 1.29 is 18.8 Å². The number of benzene rings is 1. The van der Waals surface area contributed by atoms with Crippen LogP contribution in [0.1, 0.15) is 36.7 Å². The minimum absolute atomic E-state index is 0.0512. The second kappa shape index (κ2) is 7.30. The molecule has 7 nitrogen and oxygen atoms in total. The Bertz CT molecular complexity index is 888. The fraction of sp³-hybridized carbons (Fsp3) is 0.476. The number of rotatable bonds is 4. The van der Waals surface area contributed by atoms with Crippen molar-refractivity contribution in [3.8, 4) is 0 Å². The average Bonchev–Trinajstić information content (AvgIpc) is 3.30. The highest BCUT2D eigenvalue weighted by atomic mass is 16.3. The molecule has 1 aromatic carbocycles. The van der Waals surface area contributed by atoms with Gasteiger partial charge in [-0.1, -0.05) is 25.1 Å². The summed E-state index contributed by atoms with van der Waals surface area (Å²) in [4.78, 5) is 38.6. The number of carbonyl (C=O) groups is 3. The first-order valence-electron chi connectivity index (χ1n) is 9.76. The fourth-order valence-corrected chi connectivity index (χ4v) is 4.08. The molecule has 2 aliphatic heterocycles. The number of nitrogens with one attached hydrogen (secondary N) is 2. The highest BCUT2D eigenvalue weighted by Crippen LogP contribution is 2.31. The maximum absolute atomic E-state index is 12.7. The van der Waals surface area contributed by atoms with Crippen LogP contribution in [0.3, 0.4) is 0 Å². The molecular formula is C21H25N3O4. The number of amides is 3. The quantitative estimate of drug-likeness (QED) is 0.844. The van der Waals surface area contributed by atoms with Crippen LogP contribution in [0.15, 0.2) is 34.7 Å². The Hall–Kier alpha value is -2.83. The lowest BCUT2D eigenvalue weighted by molar-refractivity contribution is -0.139. The zero-order chi connectivity index (χ0) is 19.7. The molecule has 0 bridgehead atoms. The van der Waals surface area contributed by atoms with E-state index in [9.17, 15) is 14.4 Å². The largest absolute Gasteiger partial charge is 0.451 e. The van der Waals surface area contributed by atoms with Crippen LogP contribution in [0.25, 0.3) is 11.0 Å². The van der Waals surface area contributed by atoms with Gasteiger partial charge in [-0.15, -0.1) is 0 Å². The lowest BCUT2D eigenvalue weighted by atomic mass is 9.89. The van der Waals surface area contributed by atoms with Gasteiger partial charge in [-0.3, -0.25) is 14.4 Å². The zero-order valence-corrected chi connectivity index (χ0v) is 16.0. The minimum Gasteiger partial charge on any atom is -0.451 e. The van der Waals surface area contributed by atoms with E-state index in [-0.39, 0.29) is 35.5 Å². The molecule has 2 atom stereocenters. The third-order valence-electron chi connectivity index (χ3n) is 5.79. The normalized spacial score (nSPS) is 25.0. The Morgan fingerprint density at radius 3 is 2.96 bits per heavy atom. The van der Waals surface area contributed by atoms with Gasteiger partial charge in [0.2, 0.25) is 11.8 Å². The molecule has 2 unspecified atom stereocenters. The molecule has 2 aliphatic rings. The van der Waals surface area contributed by atoms with Gasteiger partial charge in [0.15, 0.2) is 5.76 Å². The van der Waals surface area contributed by atoms with Gasteiger partial charge in [-0.05, 0) is 25.0 Å². The van der Waals surface area contributed by atoms with Crippen molar-refractivity contribution in [1.82, 2.24) is 15.5 Å². The number of piperidine rings is 1. The lowest BCUT2D eigenvalue weighted by Gasteiger charge is -2.28. The second-order valence-electron chi connectivity index (χ2n) is 8.19. The first kappa shape index (κ1) is 18.5. The van der Waals surface area contributed by atoms with Crippen LogP contribution < -0.4 is 10.6 Å². The van der Waals surface area contributed by atoms with Crippen LogP contribution in [0.4, 0.5) is 0 Å². The predicted octanol–water partition coefficient (Wildman–Crippen LogP) is 1.93. The molecule has 0 radical (unpaired) electrons. The maximum Gasteiger partial charge on any atom is 0.287 e. The van der Waals surface area contributed by atoms with Gasteiger partial charge in [-0.2, -0.15) is 0 Å². The summed E-state index contributed by atoms with van der Waals surface area (Å²) in [5, 5.41) is 6.62. The van der Waals surface area contributed by atoms with E-state index in [2.05, 4.69) is 17.6 Å². The third kappa shape index (κ3) is 3.74. The van der Waals surface area contributed by atoms with Crippen LogP contribution >= 0.6 is 0 Å². The number of hydrogen-bond acceptors (Lipinski definition) is 4. The predicted molar refractivity (Wildman–Crippen MR) is 104 cm³/mol. The van der Waals surface area contributed by atoms with Gasteiger partial charge in [0.1, 0.15) is 5.58 Å². The van der Waals surface area contributed by atoms with Crippen molar-refractivity contribution in [1.29, 1.82) is 0 Å². The molecule has 7 heteroatoms. The van der Waals surface area contributed by atoms with Crippen molar-refractivity contribution in [2.75, 3.05) is 26.2 Å². The monoisotopic (exact) mass is 383 g/mol. The summed E-state index contributed by atoms with van der Waals surface area (Å²) in [6, 6.07) is 9.25. The molecule has 2 saturated heterocycles. The van der Waals surface area contributed by atoms with Gasteiger partial charge in [0.05, 0.1) is 0 Å². The van der Waals surface area contributed by atoms with Gasteiger partial charge < -0.3 is 20.0 Å². The molecule has 2 fully saturated rings. The molecular weight excluding hydrogens is 358 g/mol. The van der Waals surface area contributed by atoms with E-state index in [1.165, 1.54) is 0 Å². The molecule has 4 rings (SSSR count). The summed E-state index contributed by atoms with van der Waals surface area (Å²) in [6.07, 6.45) is 1.79. The molecule has 2 aromatic rings. The zero-order valence-electron chi connectivity index (χ0n) is 16.0. The summed E-state index contributed by atoms with van der Waals surface area (Å²) in [6.45, 7) is 4.36. The van der Waals surface area contributed by atoms with Gasteiger partial charge in [-0.25, -0.2) is 0 Å². The second-order valence-corrected chi connectivity index (χ2v) is 8.19. The number of likely N-dealkylation sites (tertiary alicyclic amines) is 1. The number of hydrogen-bond donors (Lipinski definition) is 2. The molecule has 0 aliphatic carbocycles. The molecule has 3 amide bonds. The Morgan fingerprint density at radius 2 is 2.18 bits per heavy atom. The van der Waals surface area contributed by atoms with E-state index >= 15 is 0 Å². The Balaban J connectivity index is 1.34. The first-order chi connectivity index (χ1) is 13.4. The van der Waals surface area contributed by atoms with Crippen molar-refractivity contribution in [2.24, 2.45) is 11.3 Å². The van der Waals surface area contributed by atoms with Crippen LogP contribution in [-0.4, -0.2) is 48.8 Å². The van der Waals surface area contributed by atoms with E-state index in [4.69, 9.17) is 4.42 Å². The summed E-state index contributed by atoms with van der Waals surface area (Å²) in [5.74, 6) is -0.164. The van der Waals surface area contributed by atoms with Crippen LogP contribution in [0.5, 0.6) is 0 Å². The Labute approximate surface area is 163 Å². The molecule has 148 valence electrons. The third-order valence-corrected chi connectivity index (χ3v) is 5.79. The SMILES string of the molecule is CC1(CNC(=O)c2cc3ccccc3o2)CCN(C(=O)C2CCNC(=O)C2)C1. The molecule has 3 heterocycles. The molecule has 2 N–H and O–H groups in total. The van der Waals surface area contributed by atoms with Gasteiger partial charge in [0, 0.05) is 49.3 Å². The van der Waals surface area contributed by atoms with E-state index in [0.717, 1.165) is 11.8 Å².